The number of hydrogen-bond donors (Lipinski definition) is 2. The molecule has 6 heteroatoms. The lowest BCUT2D eigenvalue weighted by atomic mass is 9.95. The van der Waals surface area contributed by atoms with E-state index in [1.807, 2.05) is 18.2 Å². The summed E-state index contributed by atoms with van der Waals surface area (Å²) < 4.78 is 5.81. The average Bonchev–Trinajstić information content (AvgIpc) is 2.63. The van der Waals surface area contributed by atoms with Crippen LogP contribution in [0.3, 0.4) is 0 Å². The van der Waals surface area contributed by atoms with Crippen molar-refractivity contribution in [2.45, 2.75) is 32.8 Å². The number of benzene rings is 1. The fraction of sp³-hybridized carbons (Fsp3) is 0.600. The van der Waals surface area contributed by atoms with Gasteiger partial charge < -0.3 is 20.7 Å². The van der Waals surface area contributed by atoms with E-state index < -0.39 is 0 Å². The Kier molecular flexibility index (Phi) is 8.41. The number of aliphatic imine (C=N–C) groups is 1. The first kappa shape index (κ1) is 20.2. The van der Waals surface area contributed by atoms with Gasteiger partial charge in [-0.2, -0.15) is 0 Å². The van der Waals surface area contributed by atoms with Gasteiger partial charge in [-0.3, -0.25) is 9.79 Å². The number of guanidine groups is 1. The minimum Gasteiger partial charge on any atom is -0.376 e. The summed E-state index contributed by atoms with van der Waals surface area (Å²) in [5, 5.41) is 3.44. The molecule has 0 saturated carbocycles. The fourth-order valence-corrected chi connectivity index (χ4v) is 3.32. The Hall–Kier alpha value is -2.08. The first-order chi connectivity index (χ1) is 12.6. The third-order valence-electron chi connectivity index (χ3n) is 4.64. The van der Waals surface area contributed by atoms with Crippen LogP contribution in [-0.4, -0.2) is 50.1 Å². The standard InChI is InChI=1S/C20H32N4O2/c1-16(14-26-15-17-7-4-3-5-8-17)12-23-20(22-2)24-10-6-9-18(13-24)11-19(21)25/h3-5,7-8,16,18H,6,9-15H2,1-2H3,(H2,21,25)(H,22,23). The van der Waals surface area contributed by atoms with Gasteiger partial charge in [0.05, 0.1) is 13.2 Å². The molecule has 26 heavy (non-hydrogen) atoms. The smallest absolute Gasteiger partial charge is 0.217 e. The molecular weight excluding hydrogens is 328 g/mol. The summed E-state index contributed by atoms with van der Waals surface area (Å²) in [6.45, 7) is 6.11. The Balaban J connectivity index is 1.71. The molecule has 1 aromatic rings. The lowest BCUT2D eigenvalue weighted by Gasteiger charge is -2.35. The largest absolute Gasteiger partial charge is 0.376 e. The number of ether oxygens (including phenoxy) is 1. The highest BCUT2D eigenvalue weighted by Crippen LogP contribution is 2.19. The summed E-state index contributed by atoms with van der Waals surface area (Å²) >= 11 is 0. The lowest BCUT2D eigenvalue weighted by Crippen LogP contribution is -2.48. The van der Waals surface area contributed by atoms with Gasteiger partial charge in [0.2, 0.25) is 5.91 Å². The van der Waals surface area contributed by atoms with Crippen LogP contribution in [0.1, 0.15) is 31.7 Å². The molecule has 6 nitrogen and oxygen atoms in total. The van der Waals surface area contributed by atoms with E-state index in [9.17, 15) is 4.79 Å². The molecule has 1 saturated heterocycles. The number of primary amides is 1. The number of nitrogens with zero attached hydrogens (tertiary/aromatic N) is 2. The molecule has 2 atom stereocenters. The summed E-state index contributed by atoms with van der Waals surface area (Å²) in [6, 6.07) is 10.2. The van der Waals surface area contributed by atoms with Crippen LogP contribution < -0.4 is 11.1 Å². The maximum Gasteiger partial charge on any atom is 0.217 e. The molecule has 3 N–H and O–H groups in total. The minimum absolute atomic E-state index is 0.219. The van der Waals surface area contributed by atoms with E-state index in [0.717, 1.165) is 38.4 Å². The number of carbonyl (C=O) groups excluding carboxylic acids is 1. The highest BCUT2D eigenvalue weighted by Gasteiger charge is 2.23. The van der Waals surface area contributed by atoms with Crippen LogP contribution in [0.2, 0.25) is 0 Å². The topological polar surface area (TPSA) is 80.0 Å². The van der Waals surface area contributed by atoms with E-state index in [2.05, 4.69) is 34.3 Å². The van der Waals surface area contributed by atoms with Crippen molar-refractivity contribution < 1.29 is 9.53 Å². The minimum atomic E-state index is -0.219. The van der Waals surface area contributed by atoms with Crippen LogP contribution in [-0.2, 0) is 16.1 Å². The molecular formula is C20H32N4O2. The van der Waals surface area contributed by atoms with Crippen molar-refractivity contribution in [3.63, 3.8) is 0 Å². The van der Waals surface area contributed by atoms with E-state index >= 15 is 0 Å². The quantitative estimate of drug-likeness (QED) is 0.549. The van der Waals surface area contributed by atoms with Gasteiger partial charge in [0.25, 0.3) is 0 Å². The molecule has 0 bridgehead atoms. The van der Waals surface area contributed by atoms with Crippen LogP contribution in [0.15, 0.2) is 35.3 Å². The highest BCUT2D eigenvalue weighted by molar-refractivity contribution is 5.80. The monoisotopic (exact) mass is 360 g/mol. The second kappa shape index (κ2) is 10.8. The molecule has 1 aliphatic heterocycles. The van der Waals surface area contributed by atoms with Crippen LogP contribution in [0.4, 0.5) is 0 Å². The van der Waals surface area contributed by atoms with E-state index in [1.54, 1.807) is 7.05 Å². The highest BCUT2D eigenvalue weighted by atomic mass is 16.5. The van der Waals surface area contributed by atoms with Gasteiger partial charge in [-0.15, -0.1) is 0 Å². The Labute approximate surface area is 156 Å². The molecule has 0 spiro atoms. The van der Waals surface area contributed by atoms with Crippen LogP contribution in [0, 0.1) is 11.8 Å². The summed E-state index contributed by atoms with van der Waals surface area (Å²) in [7, 11) is 1.80. The van der Waals surface area contributed by atoms with Crippen molar-refractivity contribution in [1.82, 2.24) is 10.2 Å². The van der Waals surface area contributed by atoms with Crippen LogP contribution >= 0.6 is 0 Å². The Bertz CT molecular complexity index is 576. The van der Waals surface area contributed by atoms with Crippen molar-refractivity contribution in [2.75, 3.05) is 33.3 Å². The molecule has 1 heterocycles. The SMILES string of the molecule is CN=C(NCC(C)COCc1ccccc1)N1CCCC(CC(N)=O)C1. The average molecular weight is 361 g/mol. The number of nitrogens with one attached hydrogen (secondary N) is 1. The molecule has 144 valence electrons. The zero-order valence-corrected chi connectivity index (χ0v) is 16.0. The molecule has 0 aromatic heterocycles. The Morgan fingerprint density at radius 2 is 2.19 bits per heavy atom. The summed E-state index contributed by atoms with van der Waals surface area (Å²) in [5.74, 6) is 1.38. The van der Waals surface area contributed by atoms with Gasteiger partial charge in [-0.25, -0.2) is 0 Å². The Morgan fingerprint density at radius 3 is 2.88 bits per heavy atom. The predicted molar refractivity (Wildman–Crippen MR) is 105 cm³/mol. The second-order valence-electron chi connectivity index (χ2n) is 7.16. The number of hydrogen-bond acceptors (Lipinski definition) is 3. The molecule has 2 unspecified atom stereocenters. The van der Waals surface area contributed by atoms with Crippen molar-refractivity contribution in [3.8, 4) is 0 Å². The lowest BCUT2D eigenvalue weighted by molar-refractivity contribution is -0.119. The number of likely N-dealkylation sites (tertiary alicyclic amines) is 1. The molecule has 1 aliphatic rings. The van der Waals surface area contributed by atoms with Crippen LogP contribution in [0.25, 0.3) is 0 Å². The summed E-state index contributed by atoms with van der Waals surface area (Å²) in [5.41, 5.74) is 6.54. The number of piperidine rings is 1. The van der Waals surface area contributed by atoms with Gasteiger partial charge in [0.15, 0.2) is 5.96 Å². The predicted octanol–water partition coefficient (Wildman–Crippen LogP) is 2.00. The Morgan fingerprint density at radius 1 is 1.42 bits per heavy atom. The molecule has 0 radical (unpaired) electrons. The van der Waals surface area contributed by atoms with E-state index in [1.165, 1.54) is 5.56 Å². The van der Waals surface area contributed by atoms with Crippen molar-refractivity contribution >= 4 is 11.9 Å². The van der Waals surface area contributed by atoms with Gasteiger partial charge in [-0.1, -0.05) is 37.3 Å². The maximum absolute atomic E-state index is 11.2. The van der Waals surface area contributed by atoms with E-state index in [0.29, 0.717) is 31.5 Å². The zero-order chi connectivity index (χ0) is 18.8. The zero-order valence-electron chi connectivity index (χ0n) is 16.0. The number of carbonyl (C=O) groups is 1. The molecule has 0 aliphatic carbocycles. The van der Waals surface area contributed by atoms with E-state index in [4.69, 9.17) is 10.5 Å². The normalized spacial score (nSPS) is 19.2. The summed E-state index contributed by atoms with van der Waals surface area (Å²) in [6.07, 6.45) is 2.58. The first-order valence-electron chi connectivity index (χ1n) is 9.44. The second-order valence-corrected chi connectivity index (χ2v) is 7.16. The number of rotatable bonds is 8. The van der Waals surface area contributed by atoms with Crippen LogP contribution in [0.5, 0.6) is 0 Å². The number of nitrogens with two attached hydrogens (primary N) is 1. The molecule has 2 rings (SSSR count). The third kappa shape index (κ3) is 7.04. The van der Waals surface area contributed by atoms with Crippen molar-refractivity contribution in [3.05, 3.63) is 35.9 Å². The first-order valence-corrected chi connectivity index (χ1v) is 9.44. The molecule has 1 amide bonds. The molecule has 1 aromatic carbocycles. The van der Waals surface area contributed by atoms with Gasteiger partial charge in [-0.05, 0) is 30.2 Å². The molecule has 1 fully saturated rings. The maximum atomic E-state index is 11.2. The van der Waals surface area contributed by atoms with Crippen molar-refractivity contribution in [2.24, 2.45) is 22.6 Å². The summed E-state index contributed by atoms with van der Waals surface area (Å²) in [4.78, 5) is 17.8. The van der Waals surface area contributed by atoms with Crippen molar-refractivity contribution in [1.29, 1.82) is 0 Å². The van der Waals surface area contributed by atoms with Gasteiger partial charge >= 0.3 is 0 Å². The fourth-order valence-electron chi connectivity index (χ4n) is 3.32. The van der Waals surface area contributed by atoms with Gasteiger partial charge in [0, 0.05) is 33.1 Å². The third-order valence-corrected chi connectivity index (χ3v) is 4.64. The number of amides is 1. The van der Waals surface area contributed by atoms with Gasteiger partial charge in [0.1, 0.15) is 0 Å². The van der Waals surface area contributed by atoms with E-state index in [-0.39, 0.29) is 5.91 Å².